The van der Waals surface area contributed by atoms with Gasteiger partial charge in [-0.05, 0) is 52.0 Å². The number of rotatable bonds is 15. The van der Waals surface area contributed by atoms with Gasteiger partial charge in [0, 0.05) is 44.3 Å². The number of aliphatic hydroxyl groups excluding tert-OH is 1. The third kappa shape index (κ3) is 9.58. The fourth-order valence-electron chi connectivity index (χ4n) is 8.09. The summed E-state index contributed by atoms with van der Waals surface area (Å²) in [4.78, 5) is 52.9. The van der Waals surface area contributed by atoms with Crippen LogP contribution in [0.5, 0.6) is 0 Å². The summed E-state index contributed by atoms with van der Waals surface area (Å²) in [6, 6.07) is 10.5. The highest BCUT2D eigenvalue weighted by Gasteiger charge is 2.58. The van der Waals surface area contributed by atoms with Crippen molar-refractivity contribution in [3.8, 4) is 0 Å². The van der Waals surface area contributed by atoms with Crippen LogP contribution < -0.4 is 22.5 Å². The summed E-state index contributed by atoms with van der Waals surface area (Å²) in [7, 11) is 1.76. The number of aryl methyl sites for hydroxylation is 2. The zero-order chi connectivity index (χ0) is 42.4. The number of aliphatic hydroxyl groups is 1. The molecule has 19 heteroatoms. The molecule has 0 spiro atoms. The second-order valence-corrected chi connectivity index (χ2v) is 16.6. The Morgan fingerprint density at radius 2 is 1.34 bits per heavy atom. The lowest BCUT2D eigenvalue weighted by Gasteiger charge is -2.29. The van der Waals surface area contributed by atoms with E-state index in [0.717, 1.165) is 24.9 Å². The lowest BCUT2D eigenvalue weighted by atomic mass is 9.87. The van der Waals surface area contributed by atoms with Crippen molar-refractivity contribution in [2.24, 2.45) is 0 Å². The molecule has 4 saturated heterocycles. The molecule has 3 N–H and O–H groups in total. The molecule has 2 aromatic heterocycles. The Labute approximate surface area is 343 Å². The quantitative estimate of drug-likeness (QED) is 0.149. The topological polar surface area (TPSA) is 207 Å². The Morgan fingerprint density at radius 1 is 0.797 bits per heavy atom. The molecule has 59 heavy (non-hydrogen) atoms. The number of benzene rings is 1. The summed E-state index contributed by atoms with van der Waals surface area (Å²) in [6.07, 6.45) is 1.35. The van der Waals surface area contributed by atoms with Gasteiger partial charge < -0.3 is 42.6 Å². The molecule has 18 nitrogen and oxygen atoms in total. The number of hydrogen-bond acceptors (Lipinski definition) is 14. The number of fused-ring (bicyclic) bond motifs is 1. The number of methoxy groups -OCH3 is 2. The van der Waals surface area contributed by atoms with E-state index in [-0.39, 0.29) is 18.8 Å². The fourth-order valence-corrected chi connectivity index (χ4v) is 10.2. The van der Waals surface area contributed by atoms with Crippen LogP contribution in [-0.2, 0) is 43.1 Å². The van der Waals surface area contributed by atoms with Crippen LogP contribution >= 0.6 is 8.53 Å². The lowest BCUT2D eigenvalue weighted by molar-refractivity contribution is -0.0798. The van der Waals surface area contributed by atoms with Crippen molar-refractivity contribution in [2.45, 2.75) is 121 Å². The summed E-state index contributed by atoms with van der Waals surface area (Å²) in [6.45, 7) is 11.5. The van der Waals surface area contributed by atoms with E-state index >= 15 is 0 Å². The molecular weight excluding hydrogens is 789 g/mol. The van der Waals surface area contributed by atoms with Crippen molar-refractivity contribution in [1.29, 1.82) is 0 Å². The number of aromatic nitrogens is 4. The summed E-state index contributed by atoms with van der Waals surface area (Å²) in [5.41, 5.74) is -0.547. The summed E-state index contributed by atoms with van der Waals surface area (Å²) < 4.78 is 52.7. The summed E-state index contributed by atoms with van der Waals surface area (Å²) in [5, 5.41) is 10.3. The van der Waals surface area contributed by atoms with Crippen LogP contribution in [0.2, 0.25) is 0 Å². The first-order valence-electron chi connectivity index (χ1n) is 20.2. The van der Waals surface area contributed by atoms with Crippen LogP contribution in [0, 0.1) is 13.8 Å². The standard InChI is InChI=1S/C26H36N3O7P.C14H22N2O6/c1-5-19-21(22(33-15-14-32-4)24(34-19)28-16-17(2)23(30)27-25(28)31)35-37-29-13-9-12-20(29)26(3,36-37)18-10-7-6-8-11-18;1-4-9-10(17)11(21-6-5-20-3)13(22-9)16-7-8(2)12(18)15-14(16)19/h6-8,10-11,16,19-22,24H,5,9,12-15H2,1-4H3,(H,27,30,31);7,9-11,13,17H,4-6H2,1-3H3,(H,15,18,19)/t19-,20+,21+,22?,24-,26-,37+;9-,10+,11?,13-/m11/s1. The van der Waals surface area contributed by atoms with Gasteiger partial charge in [0.25, 0.3) is 19.6 Å². The lowest BCUT2D eigenvalue weighted by Crippen LogP contribution is -2.41. The van der Waals surface area contributed by atoms with E-state index in [0.29, 0.717) is 43.8 Å². The van der Waals surface area contributed by atoms with Gasteiger partial charge >= 0.3 is 11.4 Å². The predicted molar refractivity (Wildman–Crippen MR) is 216 cm³/mol. The van der Waals surface area contributed by atoms with Crippen molar-refractivity contribution in [3.63, 3.8) is 0 Å². The molecule has 4 aliphatic rings. The van der Waals surface area contributed by atoms with E-state index in [9.17, 15) is 24.3 Å². The van der Waals surface area contributed by atoms with E-state index < -0.39 is 79.6 Å². The van der Waals surface area contributed by atoms with Crippen molar-refractivity contribution >= 4 is 8.53 Å². The van der Waals surface area contributed by atoms with E-state index in [2.05, 4.69) is 33.7 Å². The predicted octanol–water partition coefficient (Wildman–Crippen LogP) is 2.75. The van der Waals surface area contributed by atoms with Gasteiger partial charge in [-0.1, -0.05) is 44.2 Å². The first-order valence-corrected chi connectivity index (χ1v) is 21.3. The van der Waals surface area contributed by atoms with Gasteiger partial charge in [-0.25, -0.2) is 14.3 Å². The van der Waals surface area contributed by atoms with Crippen LogP contribution in [0.3, 0.4) is 0 Å². The Morgan fingerprint density at radius 3 is 1.90 bits per heavy atom. The third-order valence-electron chi connectivity index (χ3n) is 11.3. The van der Waals surface area contributed by atoms with E-state index in [1.807, 2.05) is 32.0 Å². The molecule has 0 radical (unpaired) electrons. The molecule has 0 aliphatic carbocycles. The second kappa shape index (κ2) is 20.0. The highest BCUT2D eigenvalue weighted by molar-refractivity contribution is 7.45. The molecule has 1 aromatic carbocycles. The number of hydrogen-bond donors (Lipinski definition) is 3. The normalized spacial score (nSPS) is 31.7. The molecule has 4 fully saturated rings. The maximum absolute atomic E-state index is 12.8. The van der Waals surface area contributed by atoms with Crippen molar-refractivity contribution in [3.05, 3.63) is 101 Å². The Kier molecular flexibility index (Phi) is 15.3. The molecule has 3 aromatic rings. The van der Waals surface area contributed by atoms with E-state index in [1.165, 1.54) is 21.5 Å². The Balaban J connectivity index is 0.000000227. The maximum atomic E-state index is 12.8. The maximum Gasteiger partial charge on any atom is 0.330 e. The first kappa shape index (κ1) is 45.1. The van der Waals surface area contributed by atoms with Gasteiger partial charge in [-0.15, -0.1) is 0 Å². The molecule has 0 amide bonds. The minimum absolute atomic E-state index is 0.219. The van der Waals surface area contributed by atoms with Crippen molar-refractivity contribution in [2.75, 3.05) is 47.2 Å². The van der Waals surface area contributed by atoms with Gasteiger partial charge in [0.05, 0.1) is 44.7 Å². The van der Waals surface area contributed by atoms with Gasteiger partial charge in [-0.2, -0.15) is 0 Å². The largest absolute Gasteiger partial charge is 0.388 e. The molecule has 7 rings (SSSR count). The van der Waals surface area contributed by atoms with Crippen LogP contribution in [0.4, 0.5) is 0 Å². The molecule has 6 heterocycles. The minimum Gasteiger partial charge on any atom is -0.388 e. The summed E-state index contributed by atoms with van der Waals surface area (Å²) in [5.74, 6) is 0. The van der Waals surface area contributed by atoms with E-state index in [1.54, 1.807) is 28.1 Å². The zero-order valence-electron chi connectivity index (χ0n) is 34.7. The minimum atomic E-state index is -1.40. The number of ether oxygens (including phenoxy) is 6. The molecule has 0 bridgehead atoms. The molecule has 11 atom stereocenters. The van der Waals surface area contributed by atoms with Crippen LogP contribution in [0.1, 0.15) is 75.6 Å². The molecular formula is C40H58N5O13P. The van der Waals surface area contributed by atoms with Crippen molar-refractivity contribution < 1.29 is 42.6 Å². The highest BCUT2D eigenvalue weighted by Crippen LogP contribution is 2.64. The number of nitrogens with one attached hydrogen (secondary N) is 2. The smallest absolute Gasteiger partial charge is 0.330 e. The zero-order valence-corrected chi connectivity index (χ0v) is 35.6. The molecule has 0 saturated carbocycles. The van der Waals surface area contributed by atoms with E-state index in [4.69, 9.17) is 37.5 Å². The van der Waals surface area contributed by atoms with Crippen LogP contribution in [0.25, 0.3) is 0 Å². The van der Waals surface area contributed by atoms with Crippen LogP contribution in [-0.4, -0.2) is 119 Å². The fraction of sp³-hybridized carbons (Fsp3) is 0.650. The Bertz CT molecular complexity index is 2080. The first-order chi connectivity index (χ1) is 28.4. The highest BCUT2D eigenvalue weighted by atomic mass is 31.2. The molecule has 326 valence electrons. The Hall–Kier alpha value is -3.39. The second-order valence-electron chi connectivity index (χ2n) is 15.2. The third-order valence-corrected chi connectivity index (χ3v) is 13.2. The SMILES string of the molecule is CC[C@H]1O[C@@H](n2cc(C)c(=O)[nH]c2=O)C(OCCOC)[C@H]1O.CC[C@H]1O[C@@H](n2cc(C)c(=O)[nH]c2=O)C(OCCOC)[C@H]1O[P@@]1O[C@](C)(c2ccccc2)[C@@H]2CCCN21. The molecule has 2 unspecified atom stereocenters. The van der Waals surface area contributed by atoms with Gasteiger partial charge in [-0.3, -0.25) is 28.7 Å². The number of aromatic amines is 2. The monoisotopic (exact) mass is 847 g/mol. The number of H-pyrrole nitrogens is 2. The average molecular weight is 848 g/mol. The van der Waals surface area contributed by atoms with Crippen LogP contribution in [0.15, 0.2) is 61.9 Å². The molecule has 4 aliphatic heterocycles. The number of nitrogens with zero attached hydrogens (tertiary/aromatic N) is 3. The summed E-state index contributed by atoms with van der Waals surface area (Å²) >= 11 is 0. The van der Waals surface area contributed by atoms with Gasteiger partial charge in [0.15, 0.2) is 12.5 Å². The average Bonchev–Trinajstić information content (AvgIpc) is 3.99. The van der Waals surface area contributed by atoms with Crippen molar-refractivity contribution in [1.82, 2.24) is 23.8 Å². The van der Waals surface area contributed by atoms with Gasteiger partial charge in [0.2, 0.25) is 0 Å². The van der Waals surface area contributed by atoms with Gasteiger partial charge in [0.1, 0.15) is 30.0 Å².